The van der Waals surface area contributed by atoms with Gasteiger partial charge in [-0.3, -0.25) is 4.55 Å². The van der Waals surface area contributed by atoms with Crippen LogP contribution in [0.3, 0.4) is 0 Å². The van der Waals surface area contributed by atoms with Gasteiger partial charge in [0.05, 0.1) is 7.11 Å². The molecule has 2 aromatic carbocycles. The van der Waals surface area contributed by atoms with Crippen LogP contribution in [0.4, 0.5) is 4.39 Å². The molecule has 0 fully saturated rings. The van der Waals surface area contributed by atoms with Crippen molar-refractivity contribution in [2.24, 2.45) is 0 Å². The molecule has 0 radical (unpaired) electrons. The summed E-state index contributed by atoms with van der Waals surface area (Å²) in [6.45, 7) is 0. The lowest BCUT2D eigenvalue weighted by atomic mass is 10.1. The molecular formula is C13H11FO4S. The fourth-order valence-electron chi connectivity index (χ4n) is 1.74. The Hall–Kier alpha value is -1.92. The zero-order valence-electron chi connectivity index (χ0n) is 10.00. The van der Waals surface area contributed by atoms with E-state index >= 15 is 0 Å². The fraction of sp³-hybridized carbons (Fsp3) is 0.0769. The highest BCUT2D eigenvalue weighted by Crippen LogP contribution is 2.30. The van der Waals surface area contributed by atoms with Crippen LogP contribution in [0.1, 0.15) is 0 Å². The van der Waals surface area contributed by atoms with E-state index in [0.717, 1.165) is 0 Å². The van der Waals surface area contributed by atoms with Crippen LogP contribution in [-0.4, -0.2) is 20.1 Å². The van der Waals surface area contributed by atoms with E-state index in [2.05, 4.69) is 0 Å². The zero-order chi connectivity index (χ0) is 14.0. The van der Waals surface area contributed by atoms with Gasteiger partial charge in [0.25, 0.3) is 10.1 Å². The molecule has 0 saturated heterocycles. The lowest BCUT2D eigenvalue weighted by Crippen LogP contribution is -2.02. The van der Waals surface area contributed by atoms with Gasteiger partial charge < -0.3 is 4.74 Å². The molecule has 2 aromatic rings. The van der Waals surface area contributed by atoms with Crippen molar-refractivity contribution in [1.82, 2.24) is 0 Å². The van der Waals surface area contributed by atoms with Crippen LogP contribution in [0.5, 0.6) is 5.75 Å². The lowest BCUT2D eigenvalue weighted by molar-refractivity contribution is 0.397. The Morgan fingerprint density at radius 3 is 2.42 bits per heavy atom. The molecule has 0 aliphatic carbocycles. The van der Waals surface area contributed by atoms with Gasteiger partial charge in [0.15, 0.2) is 0 Å². The standard InChI is InChI=1S/C13H11FO4S/c1-18-12-7-6-9(8-13(12)19(15,16)17)10-4-2-3-5-11(10)14/h2-8H,1H3,(H,15,16,17). The summed E-state index contributed by atoms with van der Waals surface area (Å²) in [5.41, 5.74) is 0.585. The van der Waals surface area contributed by atoms with Crippen LogP contribution in [0.25, 0.3) is 11.1 Å². The molecule has 0 aromatic heterocycles. The topological polar surface area (TPSA) is 63.6 Å². The number of halogens is 1. The summed E-state index contributed by atoms with van der Waals surface area (Å²) in [5, 5.41) is 0. The molecule has 0 bridgehead atoms. The highest BCUT2D eigenvalue weighted by Gasteiger charge is 2.18. The van der Waals surface area contributed by atoms with E-state index in [0.29, 0.717) is 5.56 Å². The van der Waals surface area contributed by atoms with E-state index in [4.69, 9.17) is 9.29 Å². The SMILES string of the molecule is COc1ccc(-c2ccccc2F)cc1S(=O)(=O)O. The van der Waals surface area contributed by atoms with E-state index in [1.807, 2.05) is 0 Å². The van der Waals surface area contributed by atoms with Gasteiger partial charge in [-0.25, -0.2) is 4.39 Å². The molecule has 0 unspecified atom stereocenters. The molecule has 0 heterocycles. The number of rotatable bonds is 3. The molecule has 0 aliphatic rings. The summed E-state index contributed by atoms with van der Waals surface area (Å²) in [4.78, 5) is -0.393. The number of hydrogen-bond donors (Lipinski definition) is 1. The summed E-state index contributed by atoms with van der Waals surface area (Å²) in [6, 6.07) is 10.0. The van der Waals surface area contributed by atoms with Gasteiger partial charge in [0.2, 0.25) is 0 Å². The molecule has 4 nitrogen and oxygen atoms in total. The van der Waals surface area contributed by atoms with Gasteiger partial charge in [0.1, 0.15) is 16.5 Å². The highest BCUT2D eigenvalue weighted by molar-refractivity contribution is 7.86. The van der Waals surface area contributed by atoms with E-state index in [1.54, 1.807) is 6.07 Å². The van der Waals surface area contributed by atoms with Crippen LogP contribution >= 0.6 is 0 Å². The minimum absolute atomic E-state index is 0.00240. The van der Waals surface area contributed by atoms with E-state index in [1.165, 1.54) is 43.5 Å². The first-order valence-corrected chi connectivity index (χ1v) is 6.78. The van der Waals surface area contributed by atoms with Crippen LogP contribution in [-0.2, 0) is 10.1 Å². The first kappa shape index (κ1) is 13.5. The van der Waals surface area contributed by atoms with Gasteiger partial charge >= 0.3 is 0 Å². The summed E-state index contributed by atoms with van der Waals surface area (Å²) in [5.74, 6) is -0.475. The Balaban J connectivity index is 2.66. The van der Waals surface area contributed by atoms with E-state index in [-0.39, 0.29) is 11.3 Å². The van der Waals surface area contributed by atoms with E-state index < -0.39 is 20.8 Å². The monoisotopic (exact) mass is 282 g/mol. The third-order valence-corrected chi connectivity index (χ3v) is 3.50. The van der Waals surface area contributed by atoms with Crippen LogP contribution in [0, 0.1) is 5.82 Å². The maximum absolute atomic E-state index is 13.6. The summed E-state index contributed by atoms with van der Waals surface area (Å²) in [7, 11) is -3.15. The second-order valence-electron chi connectivity index (χ2n) is 3.82. The largest absolute Gasteiger partial charge is 0.495 e. The van der Waals surface area contributed by atoms with Crippen molar-refractivity contribution in [2.75, 3.05) is 7.11 Å². The zero-order valence-corrected chi connectivity index (χ0v) is 10.8. The van der Waals surface area contributed by atoms with Crippen molar-refractivity contribution in [2.45, 2.75) is 4.90 Å². The van der Waals surface area contributed by atoms with Crippen molar-refractivity contribution in [3.63, 3.8) is 0 Å². The summed E-state index contributed by atoms with van der Waals surface area (Å²) < 4.78 is 50.2. The Bertz CT molecular complexity index is 710. The molecule has 0 spiro atoms. The first-order chi connectivity index (χ1) is 8.93. The molecule has 0 amide bonds. The van der Waals surface area contributed by atoms with Crippen molar-refractivity contribution < 1.29 is 22.1 Å². The minimum atomic E-state index is -4.44. The van der Waals surface area contributed by atoms with Crippen LogP contribution in [0.2, 0.25) is 0 Å². The first-order valence-electron chi connectivity index (χ1n) is 5.34. The van der Waals surface area contributed by atoms with Crippen molar-refractivity contribution >= 4 is 10.1 Å². The second-order valence-corrected chi connectivity index (χ2v) is 5.21. The smallest absolute Gasteiger partial charge is 0.298 e. The predicted molar refractivity (Wildman–Crippen MR) is 68.2 cm³/mol. The molecule has 0 aliphatic heterocycles. The summed E-state index contributed by atoms with van der Waals surface area (Å²) in [6.07, 6.45) is 0. The maximum atomic E-state index is 13.6. The van der Waals surface area contributed by atoms with Gasteiger partial charge in [-0.05, 0) is 23.8 Å². The normalized spacial score (nSPS) is 11.3. The Labute approximate surface area is 110 Å². The van der Waals surface area contributed by atoms with Crippen molar-refractivity contribution in [1.29, 1.82) is 0 Å². The van der Waals surface area contributed by atoms with Crippen molar-refractivity contribution in [3.05, 3.63) is 48.3 Å². The molecule has 1 N–H and O–H groups in total. The number of benzene rings is 2. The molecule has 19 heavy (non-hydrogen) atoms. The molecular weight excluding hydrogens is 271 g/mol. The molecule has 100 valence electrons. The third-order valence-electron chi connectivity index (χ3n) is 2.63. The van der Waals surface area contributed by atoms with Crippen LogP contribution in [0.15, 0.2) is 47.4 Å². The van der Waals surface area contributed by atoms with Gasteiger partial charge in [-0.15, -0.1) is 0 Å². The number of ether oxygens (including phenoxy) is 1. The Kier molecular flexibility index (Phi) is 3.55. The third kappa shape index (κ3) is 2.74. The van der Waals surface area contributed by atoms with E-state index in [9.17, 15) is 12.8 Å². The quantitative estimate of drug-likeness (QED) is 0.879. The molecule has 2 rings (SSSR count). The predicted octanol–water partition coefficient (Wildman–Crippen LogP) is 2.75. The Morgan fingerprint density at radius 2 is 1.84 bits per heavy atom. The lowest BCUT2D eigenvalue weighted by Gasteiger charge is -2.09. The maximum Gasteiger partial charge on any atom is 0.298 e. The van der Waals surface area contributed by atoms with Gasteiger partial charge in [0, 0.05) is 5.56 Å². The average Bonchev–Trinajstić information content (AvgIpc) is 2.37. The average molecular weight is 282 g/mol. The van der Waals surface area contributed by atoms with Crippen LogP contribution < -0.4 is 4.74 Å². The number of hydrogen-bond acceptors (Lipinski definition) is 3. The molecule has 6 heteroatoms. The minimum Gasteiger partial charge on any atom is -0.495 e. The highest BCUT2D eigenvalue weighted by atomic mass is 32.2. The summed E-state index contributed by atoms with van der Waals surface area (Å²) >= 11 is 0. The Morgan fingerprint density at radius 1 is 1.16 bits per heavy atom. The fourth-order valence-corrected chi connectivity index (χ4v) is 2.42. The van der Waals surface area contributed by atoms with Gasteiger partial charge in [-0.2, -0.15) is 8.42 Å². The molecule has 0 saturated carbocycles. The number of methoxy groups -OCH3 is 1. The van der Waals surface area contributed by atoms with Crippen molar-refractivity contribution in [3.8, 4) is 16.9 Å². The van der Waals surface area contributed by atoms with Gasteiger partial charge in [-0.1, -0.05) is 24.3 Å². The second kappa shape index (κ2) is 4.99. The molecule has 0 atom stereocenters.